The van der Waals surface area contributed by atoms with E-state index in [-0.39, 0.29) is 5.91 Å². The summed E-state index contributed by atoms with van der Waals surface area (Å²) in [7, 11) is 1.83. The number of hydrogen-bond donors (Lipinski definition) is 1. The summed E-state index contributed by atoms with van der Waals surface area (Å²) in [6, 6.07) is 7.57. The quantitative estimate of drug-likeness (QED) is 0.726. The first-order valence-corrected chi connectivity index (χ1v) is 7.71. The summed E-state index contributed by atoms with van der Waals surface area (Å²) >= 11 is 5.87. The monoisotopic (exact) mass is 341 g/mol. The van der Waals surface area contributed by atoms with Crippen molar-refractivity contribution in [2.24, 2.45) is 7.05 Å². The van der Waals surface area contributed by atoms with Gasteiger partial charge in [0.15, 0.2) is 0 Å². The highest BCUT2D eigenvalue weighted by molar-refractivity contribution is 6.30. The molecule has 1 aromatic carbocycles. The molecule has 1 amide bonds. The minimum atomic E-state index is -0.218. The van der Waals surface area contributed by atoms with Crippen LogP contribution in [0.5, 0.6) is 0 Å². The molecule has 0 radical (unpaired) electrons. The summed E-state index contributed by atoms with van der Waals surface area (Å²) in [6.07, 6.45) is 10.1. The molecular formula is C17H16ClN5O. The van der Waals surface area contributed by atoms with Gasteiger partial charge in [-0.05, 0) is 23.8 Å². The molecule has 0 aliphatic heterocycles. The Morgan fingerprint density at radius 3 is 2.71 bits per heavy atom. The molecule has 0 saturated heterocycles. The third kappa shape index (κ3) is 4.33. The first kappa shape index (κ1) is 16.0. The Bertz CT molecular complexity index is 863. The third-order valence-corrected chi connectivity index (χ3v) is 3.56. The van der Waals surface area contributed by atoms with E-state index in [0.29, 0.717) is 17.3 Å². The van der Waals surface area contributed by atoms with Crippen LogP contribution in [0, 0.1) is 0 Å². The van der Waals surface area contributed by atoms with Crippen LogP contribution in [-0.4, -0.2) is 25.5 Å². The van der Waals surface area contributed by atoms with Crippen molar-refractivity contribution in [3.05, 3.63) is 71.3 Å². The van der Waals surface area contributed by atoms with Gasteiger partial charge in [0.1, 0.15) is 0 Å². The smallest absolute Gasteiger partial charge is 0.248 e. The molecular weight excluding hydrogens is 326 g/mol. The van der Waals surface area contributed by atoms with Gasteiger partial charge in [0.25, 0.3) is 0 Å². The van der Waals surface area contributed by atoms with Gasteiger partial charge in [0.05, 0.1) is 24.6 Å². The molecule has 0 saturated carbocycles. The van der Waals surface area contributed by atoms with Crippen molar-refractivity contribution in [3.8, 4) is 0 Å². The lowest BCUT2D eigenvalue weighted by molar-refractivity contribution is -0.111. The van der Waals surface area contributed by atoms with Gasteiger partial charge in [0, 0.05) is 36.1 Å². The number of nitrogens with zero attached hydrogens (tertiary/aromatic N) is 4. The molecule has 0 atom stereocenters. The summed E-state index contributed by atoms with van der Waals surface area (Å²) in [5.41, 5.74) is 2.59. The normalized spacial score (nSPS) is 11.1. The maximum atomic E-state index is 11.9. The van der Waals surface area contributed by atoms with E-state index in [1.54, 1.807) is 34.0 Å². The van der Waals surface area contributed by atoms with Crippen LogP contribution in [-0.2, 0) is 18.4 Å². The molecule has 24 heavy (non-hydrogen) atoms. The molecule has 122 valence electrons. The fourth-order valence-electron chi connectivity index (χ4n) is 2.17. The van der Waals surface area contributed by atoms with Crippen molar-refractivity contribution >= 4 is 29.3 Å². The Balaban J connectivity index is 1.58. The molecule has 0 aliphatic carbocycles. The minimum Gasteiger partial charge on any atom is -0.320 e. The van der Waals surface area contributed by atoms with Crippen molar-refractivity contribution in [3.63, 3.8) is 0 Å². The molecule has 2 aromatic heterocycles. The largest absolute Gasteiger partial charge is 0.320 e. The molecule has 0 bridgehead atoms. The Labute approximate surface area is 144 Å². The average Bonchev–Trinajstić information content (AvgIpc) is 3.17. The number of hydrogen-bond acceptors (Lipinski definition) is 3. The molecule has 1 N–H and O–H groups in total. The number of anilines is 1. The Morgan fingerprint density at radius 1 is 1.21 bits per heavy atom. The lowest BCUT2D eigenvalue weighted by Crippen LogP contribution is -2.07. The Hall–Kier alpha value is -2.86. The van der Waals surface area contributed by atoms with Crippen LogP contribution in [0.25, 0.3) is 6.08 Å². The van der Waals surface area contributed by atoms with Crippen LogP contribution >= 0.6 is 11.6 Å². The molecule has 0 unspecified atom stereocenters. The first-order valence-electron chi connectivity index (χ1n) is 7.33. The maximum Gasteiger partial charge on any atom is 0.248 e. The number of aryl methyl sites for hydroxylation is 1. The van der Waals surface area contributed by atoms with Crippen molar-refractivity contribution in [1.82, 2.24) is 19.6 Å². The second-order valence-electron chi connectivity index (χ2n) is 5.32. The number of aromatic nitrogens is 4. The van der Waals surface area contributed by atoms with Gasteiger partial charge < -0.3 is 5.32 Å². The SMILES string of the molecule is Cn1cc(/C=C/C(=O)Nc2cnn(Cc3ccc(Cl)cc3)c2)cn1. The van der Waals surface area contributed by atoms with Gasteiger partial charge in [-0.2, -0.15) is 10.2 Å². The van der Waals surface area contributed by atoms with Gasteiger partial charge in [-0.25, -0.2) is 0 Å². The lowest BCUT2D eigenvalue weighted by atomic mass is 10.2. The second-order valence-corrected chi connectivity index (χ2v) is 5.76. The second kappa shape index (κ2) is 7.14. The van der Waals surface area contributed by atoms with E-state index in [0.717, 1.165) is 11.1 Å². The fourth-order valence-corrected chi connectivity index (χ4v) is 2.30. The van der Waals surface area contributed by atoms with Crippen molar-refractivity contribution in [2.45, 2.75) is 6.54 Å². The Morgan fingerprint density at radius 2 is 2.00 bits per heavy atom. The number of rotatable bonds is 5. The van der Waals surface area contributed by atoms with Gasteiger partial charge in [0.2, 0.25) is 5.91 Å². The number of benzene rings is 1. The number of carbonyl (C=O) groups excluding carboxylic acids is 1. The maximum absolute atomic E-state index is 11.9. The predicted molar refractivity (Wildman–Crippen MR) is 93.7 cm³/mol. The van der Waals surface area contributed by atoms with Crippen LogP contribution in [0.2, 0.25) is 5.02 Å². The molecule has 6 nitrogen and oxygen atoms in total. The highest BCUT2D eigenvalue weighted by atomic mass is 35.5. The summed E-state index contributed by atoms with van der Waals surface area (Å²) in [4.78, 5) is 11.9. The van der Waals surface area contributed by atoms with Crippen LogP contribution in [0.1, 0.15) is 11.1 Å². The minimum absolute atomic E-state index is 0.218. The zero-order valence-electron chi connectivity index (χ0n) is 13.1. The zero-order valence-corrected chi connectivity index (χ0v) is 13.8. The molecule has 3 aromatic rings. The highest BCUT2D eigenvalue weighted by Crippen LogP contribution is 2.12. The van der Waals surface area contributed by atoms with Gasteiger partial charge >= 0.3 is 0 Å². The number of nitrogens with one attached hydrogen (secondary N) is 1. The van der Waals surface area contributed by atoms with E-state index < -0.39 is 0 Å². The molecule has 0 spiro atoms. The lowest BCUT2D eigenvalue weighted by Gasteiger charge is -2.01. The van der Waals surface area contributed by atoms with E-state index in [4.69, 9.17) is 11.6 Å². The van der Waals surface area contributed by atoms with Crippen molar-refractivity contribution < 1.29 is 4.79 Å². The van der Waals surface area contributed by atoms with E-state index in [1.165, 1.54) is 6.08 Å². The van der Waals surface area contributed by atoms with Gasteiger partial charge in [-0.3, -0.25) is 14.2 Å². The summed E-state index contributed by atoms with van der Waals surface area (Å²) < 4.78 is 3.43. The van der Waals surface area contributed by atoms with Crippen LogP contribution in [0.3, 0.4) is 0 Å². The molecule has 2 heterocycles. The van der Waals surface area contributed by atoms with Crippen LogP contribution in [0.15, 0.2) is 55.1 Å². The predicted octanol–water partition coefficient (Wildman–Crippen LogP) is 2.97. The number of amides is 1. The van der Waals surface area contributed by atoms with E-state index in [1.807, 2.05) is 37.5 Å². The molecule has 3 rings (SSSR count). The van der Waals surface area contributed by atoms with E-state index in [9.17, 15) is 4.79 Å². The fraction of sp³-hybridized carbons (Fsp3) is 0.118. The van der Waals surface area contributed by atoms with Crippen LogP contribution < -0.4 is 5.32 Å². The zero-order chi connectivity index (χ0) is 16.9. The molecule has 0 aliphatic rings. The Kier molecular flexibility index (Phi) is 4.77. The summed E-state index contributed by atoms with van der Waals surface area (Å²) in [5.74, 6) is -0.218. The highest BCUT2D eigenvalue weighted by Gasteiger charge is 2.03. The van der Waals surface area contributed by atoms with Gasteiger partial charge in [-0.15, -0.1) is 0 Å². The van der Waals surface area contributed by atoms with E-state index >= 15 is 0 Å². The van der Waals surface area contributed by atoms with E-state index in [2.05, 4.69) is 15.5 Å². The average molecular weight is 342 g/mol. The number of carbonyl (C=O) groups is 1. The topological polar surface area (TPSA) is 64.7 Å². The number of halogens is 1. The van der Waals surface area contributed by atoms with Crippen molar-refractivity contribution in [2.75, 3.05) is 5.32 Å². The van der Waals surface area contributed by atoms with Gasteiger partial charge in [-0.1, -0.05) is 23.7 Å². The van der Waals surface area contributed by atoms with Crippen molar-refractivity contribution in [1.29, 1.82) is 0 Å². The third-order valence-electron chi connectivity index (χ3n) is 3.31. The van der Waals surface area contributed by atoms with Crippen LogP contribution in [0.4, 0.5) is 5.69 Å². The summed E-state index contributed by atoms with van der Waals surface area (Å²) in [5, 5.41) is 11.8. The molecule has 0 fully saturated rings. The molecule has 7 heteroatoms. The standard InChI is InChI=1S/C17H16ClN5O/c1-22-10-14(8-19-22)4-7-17(24)21-16-9-20-23(12-16)11-13-2-5-15(18)6-3-13/h2-10,12H,11H2,1H3,(H,21,24)/b7-4+. The summed E-state index contributed by atoms with van der Waals surface area (Å²) in [6.45, 7) is 0.610. The first-order chi connectivity index (χ1) is 11.6.